The van der Waals surface area contributed by atoms with Crippen molar-refractivity contribution in [1.29, 1.82) is 0 Å². The second kappa shape index (κ2) is 7.99. The molecule has 1 N–H and O–H groups in total. The normalized spacial score (nSPS) is 20.8. The predicted octanol–water partition coefficient (Wildman–Crippen LogP) is 0.655. The summed E-state index contributed by atoms with van der Waals surface area (Å²) in [7, 11) is 0. The molecule has 4 nitrogen and oxygen atoms in total. The van der Waals surface area contributed by atoms with Gasteiger partial charge in [-0.1, -0.05) is 0 Å². The van der Waals surface area contributed by atoms with Gasteiger partial charge in [0.25, 0.3) is 6.43 Å². The van der Waals surface area contributed by atoms with Crippen LogP contribution in [-0.4, -0.2) is 79.4 Å². The number of alkyl halides is 2. The first kappa shape index (κ1) is 15.8. The van der Waals surface area contributed by atoms with Crippen LogP contribution in [0.2, 0.25) is 0 Å². The Labute approximate surface area is 108 Å². The molecule has 0 aliphatic carbocycles. The lowest BCUT2D eigenvalue weighted by atomic mass is 10.2. The molecule has 1 aliphatic rings. The number of β-amino-alcohol motifs (C(OH)–C–C–N with tert-alkyl or cyclic N) is 1. The maximum absolute atomic E-state index is 12.2. The van der Waals surface area contributed by atoms with Gasteiger partial charge >= 0.3 is 0 Å². The van der Waals surface area contributed by atoms with Crippen LogP contribution in [0.25, 0.3) is 0 Å². The van der Waals surface area contributed by atoms with E-state index in [9.17, 15) is 13.9 Å². The van der Waals surface area contributed by atoms with Crippen molar-refractivity contribution in [3.8, 4) is 0 Å². The Morgan fingerprint density at radius 3 is 2.00 bits per heavy atom. The zero-order chi connectivity index (χ0) is 13.5. The quantitative estimate of drug-likeness (QED) is 0.734. The molecule has 1 heterocycles. The first-order chi connectivity index (χ1) is 8.47. The Morgan fingerprint density at radius 1 is 1.06 bits per heavy atom. The van der Waals surface area contributed by atoms with Crippen molar-refractivity contribution in [2.45, 2.75) is 32.5 Å². The van der Waals surface area contributed by atoms with Crippen molar-refractivity contribution in [2.24, 2.45) is 0 Å². The molecular formula is C12H24F2N2O2. The van der Waals surface area contributed by atoms with Crippen LogP contribution in [0.1, 0.15) is 13.8 Å². The number of hydrogen-bond donors (Lipinski definition) is 1. The van der Waals surface area contributed by atoms with Gasteiger partial charge in [-0.25, -0.2) is 8.78 Å². The standard InChI is InChI=1S/C12H24F2N2O2/c1-10(2)18-9-11(17)7-15-3-5-16(6-4-15)8-12(13)14/h10-12,17H,3-9H2,1-2H3. The van der Waals surface area contributed by atoms with E-state index in [-0.39, 0.29) is 12.6 Å². The molecule has 0 aromatic carbocycles. The number of nitrogens with zero attached hydrogens (tertiary/aromatic N) is 2. The summed E-state index contributed by atoms with van der Waals surface area (Å²) in [4.78, 5) is 3.86. The van der Waals surface area contributed by atoms with Gasteiger partial charge in [0.1, 0.15) is 0 Å². The van der Waals surface area contributed by atoms with E-state index in [0.29, 0.717) is 26.2 Å². The van der Waals surface area contributed by atoms with Crippen molar-refractivity contribution in [2.75, 3.05) is 45.9 Å². The second-order valence-corrected chi connectivity index (χ2v) is 5.03. The Hall–Kier alpha value is -0.300. The van der Waals surface area contributed by atoms with Crippen molar-refractivity contribution < 1.29 is 18.6 Å². The van der Waals surface area contributed by atoms with Crippen LogP contribution in [0.15, 0.2) is 0 Å². The molecule has 0 spiro atoms. The number of aliphatic hydroxyl groups is 1. The molecule has 0 bridgehead atoms. The van der Waals surface area contributed by atoms with E-state index in [1.165, 1.54) is 0 Å². The fourth-order valence-corrected chi connectivity index (χ4v) is 2.00. The molecule has 18 heavy (non-hydrogen) atoms. The Morgan fingerprint density at radius 2 is 1.56 bits per heavy atom. The SMILES string of the molecule is CC(C)OCC(O)CN1CCN(CC(F)F)CC1. The number of piperazine rings is 1. The van der Waals surface area contributed by atoms with Crippen LogP contribution in [0.5, 0.6) is 0 Å². The minimum absolute atomic E-state index is 0.113. The third kappa shape index (κ3) is 6.58. The molecule has 1 saturated heterocycles. The van der Waals surface area contributed by atoms with Crippen LogP contribution in [-0.2, 0) is 4.74 Å². The highest BCUT2D eigenvalue weighted by Crippen LogP contribution is 2.06. The minimum Gasteiger partial charge on any atom is -0.389 e. The molecule has 1 unspecified atom stereocenters. The minimum atomic E-state index is -2.26. The molecule has 0 radical (unpaired) electrons. The average Bonchev–Trinajstić information content (AvgIpc) is 2.28. The van der Waals surface area contributed by atoms with Gasteiger partial charge in [0.05, 0.1) is 25.4 Å². The summed E-state index contributed by atoms with van der Waals surface area (Å²) in [5.74, 6) is 0. The van der Waals surface area contributed by atoms with Crippen LogP contribution >= 0.6 is 0 Å². The molecule has 108 valence electrons. The van der Waals surface area contributed by atoms with Crippen LogP contribution in [0.4, 0.5) is 8.78 Å². The summed E-state index contributed by atoms with van der Waals surface area (Å²) < 4.78 is 29.7. The third-order valence-corrected chi connectivity index (χ3v) is 2.95. The van der Waals surface area contributed by atoms with Crippen molar-refractivity contribution in [3.05, 3.63) is 0 Å². The highest BCUT2D eigenvalue weighted by molar-refractivity contribution is 4.74. The monoisotopic (exact) mass is 266 g/mol. The zero-order valence-electron chi connectivity index (χ0n) is 11.2. The molecule has 6 heteroatoms. The molecule has 1 aliphatic heterocycles. The van der Waals surface area contributed by atoms with Crippen LogP contribution in [0.3, 0.4) is 0 Å². The number of halogens is 2. The molecule has 0 aromatic heterocycles. The maximum Gasteiger partial charge on any atom is 0.251 e. The van der Waals surface area contributed by atoms with Gasteiger partial charge < -0.3 is 9.84 Å². The Kier molecular flexibility index (Phi) is 6.99. The summed E-state index contributed by atoms with van der Waals surface area (Å²) in [5, 5.41) is 9.76. The highest BCUT2D eigenvalue weighted by Gasteiger charge is 2.21. The molecule has 0 amide bonds. The number of rotatable bonds is 7. The fourth-order valence-electron chi connectivity index (χ4n) is 2.00. The smallest absolute Gasteiger partial charge is 0.251 e. The highest BCUT2D eigenvalue weighted by atomic mass is 19.3. The van der Waals surface area contributed by atoms with E-state index >= 15 is 0 Å². The Balaban J connectivity index is 2.14. The predicted molar refractivity (Wildman–Crippen MR) is 66.0 cm³/mol. The molecule has 1 atom stereocenters. The van der Waals surface area contributed by atoms with E-state index < -0.39 is 12.5 Å². The lowest BCUT2D eigenvalue weighted by Gasteiger charge is -2.35. The van der Waals surface area contributed by atoms with E-state index in [0.717, 1.165) is 13.1 Å². The van der Waals surface area contributed by atoms with E-state index in [1.807, 2.05) is 13.8 Å². The molecule has 1 fully saturated rings. The van der Waals surface area contributed by atoms with Crippen molar-refractivity contribution >= 4 is 0 Å². The number of hydrogen-bond acceptors (Lipinski definition) is 4. The van der Waals surface area contributed by atoms with E-state index in [1.54, 1.807) is 4.90 Å². The van der Waals surface area contributed by atoms with Crippen molar-refractivity contribution in [3.63, 3.8) is 0 Å². The zero-order valence-corrected chi connectivity index (χ0v) is 11.2. The molecule has 0 aromatic rings. The summed E-state index contributed by atoms with van der Waals surface area (Å²) in [6.07, 6.45) is -2.65. The number of ether oxygens (including phenoxy) is 1. The summed E-state index contributed by atoms with van der Waals surface area (Å²) >= 11 is 0. The first-order valence-electron chi connectivity index (χ1n) is 6.50. The van der Waals surface area contributed by atoms with Gasteiger partial charge in [-0.15, -0.1) is 0 Å². The van der Waals surface area contributed by atoms with Gasteiger partial charge in [0, 0.05) is 32.7 Å². The molecule has 1 rings (SSSR count). The number of aliphatic hydroxyl groups excluding tert-OH is 1. The van der Waals surface area contributed by atoms with Gasteiger partial charge in [0.2, 0.25) is 0 Å². The summed E-state index contributed by atoms with van der Waals surface area (Å²) in [6.45, 7) is 7.32. The lowest BCUT2D eigenvalue weighted by molar-refractivity contribution is -0.0175. The van der Waals surface area contributed by atoms with Gasteiger partial charge in [0.15, 0.2) is 0 Å². The fraction of sp³-hybridized carbons (Fsp3) is 1.00. The Bertz CT molecular complexity index is 222. The van der Waals surface area contributed by atoms with Crippen molar-refractivity contribution in [1.82, 2.24) is 9.80 Å². The second-order valence-electron chi connectivity index (χ2n) is 5.03. The first-order valence-corrected chi connectivity index (χ1v) is 6.50. The summed E-state index contributed by atoms with van der Waals surface area (Å²) in [5.41, 5.74) is 0. The van der Waals surface area contributed by atoms with Gasteiger partial charge in [-0.05, 0) is 13.8 Å². The van der Waals surface area contributed by atoms with E-state index in [2.05, 4.69) is 4.90 Å². The third-order valence-electron chi connectivity index (χ3n) is 2.95. The molecular weight excluding hydrogens is 242 g/mol. The van der Waals surface area contributed by atoms with Gasteiger partial charge in [-0.3, -0.25) is 9.80 Å². The van der Waals surface area contributed by atoms with Gasteiger partial charge in [-0.2, -0.15) is 0 Å². The van der Waals surface area contributed by atoms with E-state index in [4.69, 9.17) is 4.74 Å². The molecule has 0 saturated carbocycles. The lowest BCUT2D eigenvalue weighted by Crippen LogP contribution is -2.50. The maximum atomic E-state index is 12.2. The largest absolute Gasteiger partial charge is 0.389 e. The summed E-state index contributed by atoms with van der Waals surface area (Å²) in [6, 6.07) is 0. The van der Waals surface area contributed by atoms with Crippen LogP contribution in [0, 0.1) is 0 Å². The average molecular weight is 266 g/mol. The van der Waals surface area contributed by atoms with Crippen LogP contribution < -0.4 is 0 Å². The topological polar surface area (TPSA) is 35.9 Å².